The van der Waals surface area contributed by atoms with Gasteiger partial charge in [0, 0.05) is 13.1 Å². The first kappa shape index (κ1) is 12.7. The van der Waals surface area contributed by atoms with Crippen molar-refractivity contribution in [3.8, 4) is 0 Å². The summed E-state index contributed by atoms with van der Waals surface area (Å²) in [5, 5.41) is 13.0. The highest BCUT2D eigenvalue weighted by Crippen LogP contribution is 2.29. The molecule has 2 nitrogen and oxygen atoms in total. The summed E-state index contributed by atoms with van der Waals surface area (Å²) in [7, 11) is 0. The number of allylic oxidation sites excluding steroid dienone is 1. The van der Waals surface area contributed by atoms with Crippen LogP contribution in [0.4, 0.5) is 0 Å². The molecule has 1 rings (SSSR count). The molecule has 0 aromatic carbocycles. The van der Waals surface area contributed by atoms with Gasteiger partial charge in [-0.3, -0.25) is 0 Å². The van der Waals surface area contributed by atoms with Gasteiger partial charge in [0.1, 0.15) is 0 Å². The molecule has 0 aliphatic heterocycles. The third kappa shape index (κ3) is 4.35. The number of rotatable bonds is 4. The van der Waals surface area contributed by atoms with Gasteiger partial charge in [-0.2, -0.15) is 0 Å². The van der Waals surface area contributed by atoms with Crippen LogP contribution in [-0.2, 0) is 0 Å². The molecule has 2 atom stereocenters. The molecular formula is C13H25NO. The number of hydrogen-bond donors (Lipinski definition) is 2. The van der Waals surface area contributed by atoms with Crippen LogP contribution in [0.2, 0.25) is 0 Å². The zero-order valence-electron chi connectivity index (χ0n) is 10.5. The average molecular weight is 211 g/mol. The van der Waals surface area contributed by atoms with Gasteiger partial charge < -0.3 is 10.4 Å². The topological polar surface area (TPSA) is 32.3 Å². The molecule has 0 fully saturated rings. The first-order valence-electron chi connectivity index (χ1n) is 6.00. The van der Waals surface area contributed by atoms with Gasteiger partial charge in [0.15, 0.2) is 0 Å². The van der Waals surface area contributed by atoms with Crippen molar-refractivity contribution in [1.29, 1.82) is 0 Å². The average Bonchev–Trinajstić information content (AvgIpc) is 2.08. The maximum Gasteiger partial charge on any atom is 0.0715 e. The highest BCUT2D eigenvalue weighted by molar-refractivity contribution is 5.09. The van der Waals surface area contributed by atoms with Gasteiger partial charge in [0.25, 0.3) is 0 Å². The van der Waals surface area contributed by atoms with Crippen molar-refractivity contribution in [2.45, 2.75) is 46.1 Å². The molecular weight excluding hydrogens is 186 g/mol. The first-order chi connectivity index (χ1) is 6.90. The fraction of sp³-hybridized carbons (Fsp3) is 0.846. The van der Waals surface area contributed by atoms with Crippen molar-refractivity contribution >= 4 is 0 Å². The van der Waals surface area contributed by atoms with Crippen LogP contribution in [0, 0.1) is 11.8 Å². The second-order valence-corrected chi connectivity index (χ2v) is 5.55. The van der Waals surface area contributed by atoms with Crippen molar-refractivity contribution in [2.24, 2.45) is 11.8 Å². The van der Waals surface area contributed by atoms with E-state index in [-0.39, 0.29) is 0 Å². The second-order valence-electron chi connectivity index (χ2n) is 5.55. The van der Waals surface area contributed by atoms with Crippen LogP contribution in [0.25, 0.3) is 0 Å². The van der Waals surface area contributed by atoms with E-state index in [2.05, 4.69) is 25.2 Å². The van der Waals surface area contributed by atoms with Gasteiger partial charge in [-0.25, -0.2) is 0 Å². The van der Waals surface area contributed by atoms with Crippen LogP contribution in [0.15, 0.2) is 11.6 Å². The maximum absolute atomic E-state index is 9.60. The number of nitrogens with one attached hydrogen (secondary N) is 1. The summed E-state index contributed by atoms with van der Waals surface area (Å²) in [6.07, 6.45) is 4.89. The Kier molecular flexibility index (Phi) is 4.35. The van der Waals surface area contributed by atoms with E-state index in [9.17, 15) is 5.11 Å². The van der Waals surface area contributed by atoms with Crippen LogP contribution >= 0.6 is 0 Å². The van der Waals surface area contributed by atoms with Crippen molar-refractivity contribution in [2.75, 3.05) is 13.1 Å². The summed E-state index contributed by atoms with van der Waals surface area (Å²) < 4.78 is 0. The molecule has 0 unspecified atom stereocenters. The lowest BCUT2D eigenvalue weighted by molar-refractivity contribution is 0.0782. The van der Waals surface area contributed by atoms with Crippen LogP contribution in [0.5, 0.6) is 0 Å². The van der Waals surface area contributed by atoms with Crippen molar-refractivity contribution in [3.63, 3.8) is 0 Å². The van der Waals surface area contributed by atoms with Crippen LogP contribution in [0.3, 0.4) is 0 Å². The molecule has 2 heteroatoms. The summed E-state index contributed by atoms with van der Waals surface area (Å²) >= 11 is 0. The highest BCUT2D eigenvalue weighted by atomic mass is 16.3. The molecule has 88 valence electrons. The number of aliphatic hydroxyl groups is 1. The van der Waals surface area contributed by atoms with Crippen LogP contribution < -0.4 is 5.32 Å². The minimum absolute atomic E-state index is 0.602. The molecule has 0 heterocycles. The normalized spacial score (nSPS) is 27.7. The minimum Gasteiger partial charge on any atom is -0.389 e. The van der Waals surface area contributed by atoms with Crippen LogP contribution in [-0.4, -0.2) is 23.8 Å². The zero-order valence-corrected chi connectivity index (χ0v) is 10.5. The molecule has 0 saturated heterocycles. The Morgan fingerprint density at radius 3 is 2.73 bits per heavy atom. The Bertz CT molecular complexity index is 227. The largest absolute Gasteiger partial charge is 0.389 e. The van der Waals surface area contributed by atoms with E-state index in [4.69, 9.17) is 0 Å². The van der Waals surface area contributed by atoms with Crippen molar-refractivity contribution in [3.05, 3.63) is 11.6 Å². The third-order valence-corrected chi connectivity index (χ3v) is 3.28. The summed E-state index contributed by atoms with van der Waals surface area (Å²) in [6.45, 7) is 9.90. The fourth-order valence-corrected chi connectivity index (χ4v) is 2.27. The fourth-order valence-electron chi connectivity index (χ4n) is 2.27. The molecule has 0 amide bonds. The molecule has 1 aliphatic carbocycles. The minimum atomic E-state index is -0.602. The van der Waals surface area contributed by atoms with E-state index < -0.39 is 5.60 Å². The van der Waals surface area contributed by atoms with E-state index in [1.165, 1.54) is 18.4 Å². The lowest BCUT2D eigenvalue weighted by Gasteiger charge is -2.30. The maximum atomic E-state index is 9.60. The molecule has 0 aromatic heterocycles. The quantitative estimate of drug-likeness (QED) is 0.700. The van der Waals surface area contributed by atoms with Crippen molar-refractivity contribution < 1.29 is 5.11 Å². The summed E-state index contributed by atoms with van der Waals surface area (Å²) in [5.74, 6) is 1.42. The molecule has 0 saturated carbocycles. The first-order valence-corrected chi connectivity index (χ1v) is 6.00. The summed E-state index contributed by atoms with van der Waals surface area (Å²) in [4.78, 5) is 0. The van der Waals surface area contributed by atoms with E-state index in [1.807, 2.05) is 13.8 Å². The predicted octanol–water partition coefficient (Wildman–Crippen LogP) is 2.34. The van der Waals surface area contributed by atoms with E-state index in [0.29, 0.717) is 12.5 Å². The Labute approximate surface area is 93.8 Å². The molecule has 0 spiro atoms. The molecule has 1 aliphatic rings. The summed E-state index contributed by atoms with van der Waals surface area (Å²) in [5.41, 5.74) is 0.909. The number of hydrogen-bond acceptors (Lipinski definition) is 2. The Balaban J connectivity index is 2.37. The Hall–Kier alpha value is -0.340. The Morgan fingerprint density at radius 1 is 1.53 bits per heavy atom. The van der Waals surface area contributed by atoms with Crippen molar-refractivity contribution in [1.82, 2.24) is 5.32 Å². The van der Waals surface area contributed by atoms with E-state index >= 15 is 0 Å². The van der Waals surface area contributed by atoms with Gasteiger partial charge in [0.05, 0.1) is 5.60 Å². The predicted molar refractivity (Wildman–Crippen MR) is 64.8 cm³/mol. The molecule has 0 radical (unpaired) electrons. The zero-order chi connectivity index (χ0) is 11.5. The highest BCUT2D eigenvalue weighted by Gasteiger charge is 2.22. The van der Waals surface area contributed by atoms with Gasteiger partial charge in [-0.1, -0.05) is 18.6 Å². The van der Waals surface area contributed by atoms with Gasteiger partial charge in [-0.05, 0) is 45.4 Å². The summed E-state index contributed by atoms with van der Waals surface area (Å²) in [6, 6.07) is 0. The van der Waals surface area contributed by atoms with Gasteiger partial charge in [0.2, 0.25) is 0 Å². The lowest BCUT2D eigenvalue weighted by Crippen LogP contribution is -2.39. The van der Waals surface area contributed by atoms with Gasteiger partial charge in [-0.15, -0.1) is 0 Å². The van der Waals surface area contributed by atoms with Crippen LogP contribution in [0.1, 0.15) is 40.5 Å². The van der Waals surface area contributed by atoms with Gasteiger partial charge >= 0.3 is 0 Å². The smallest absolute Gasteiger partial charge is 0.0715 e. The Morgan fingerprint density at radius 2 is 2.20 bits per heavy atom. The molecule has 0 bridgehead atoms. The molecule has 2 N–H and O–H groups in total. The van der Waals surface area contributed by atoms with E-state index in [0.717, 1.165) is 12.5 Å². The SMILES string of the molecule is CC1=CCC[C@@H](C)[C@H]1CNCC(C)(C)O. The standard InChI is InChI=1S/C13H25NO/c1-10-6-5-7-11(2)12(10)8-14-9-13(3,4)15/h6,11-12,14-15H,5,7-9H2,1-4H3/t11-,12+/m1/s1. The lowest BCUT2D eigenvalue weighted by atomic mass is 9.80. The van der Waals surface area contributed by atoms with E-state index in [1.54, 1.807) is 0 Å². The second kappa shape index (κ2) is 5.13. The molecule has 0 aromatic rings. The third-order valence-electron chi connectivity index (χ3n) is 3.28. The monoisotopic (exact) mass is 211 g/mol. The molecule has 15 heavy (non-hydrogen) atoms.